The number of hydrogen-bond acceptors (Lipinski definition) is 2. The molecule has 4 heteroatoms. The number of nitrogens with one attached hydrogen (secondary N) is 1. The van der Waals surface area contributed by atoms with Gasteiger partial charge >= 0.3 is 0 Å². The Kier molecular flexibility index (Phi) is 4.18. The first-order valence-electron chi connectivity index (χ1n) is 5.93. The molecule has 1 heterocycles. The molecule has 0 unspecified atom stereocenters. The van der Waals surface area contributed by atoms with Crippen LogP contribution in [0.1, 0.15) is 23.2 Å². The zero-order valence-electron chi connectivity index (χ0n) is 9.95. The standard InChI is InChI=1S/C13H17BrN2O/c1-15-12-6-8-16(9-7-12)13(17)10-2-4-11(14)5-3-10/h2-5,12,15H,6-9H2,1H3. The molecule has 0 saturated carbocycles. The number of carbonyl (C=O) groups excluding carboxylic acids is 1. The van der Waals surface area contributed by atoms with Crippen LogP contribution in [0.4, 0.5) is 0 Å². The van der Waals surface area contributed by atoms with Gasteiger partial charge in [0.1, 0.15) is 0 Å². The molecule has 1 aliphatic rings. The van der Waals surface area contributed by atoms with Crippen LogP contribution in [-0.4, -0.2) is 37.0 Å². The Morgan fingerprint density at radius 3 is 2.41 bits per heavy atom. The van der Waals surface area contributed by atoms with Gasteiger partial charge in [0.15, 0.2) is 0 Å². The van der Waals surface area contributed by atoms with Crippen LogP contribution in [0.3, 0.4) is 0 Å². The van der Waals surface area contributed by atoms with Gasteiger partial charge in [-0.1, -0.05) is 15.9 Å². The highest BCUT2D eigenvalue weighted by Crippen LogP contribution is 2.16. The van der Waals surface area contributed by atoms with Gasteiger partial charge in [0.25, 0.3) is 5.91 Å². The minimum absolute atomic E-state index is 0.145. The lowest BCUT2D eigenvalue weighted by molar-refractivity contribution is 0.0707. The minimum Gasteiger partial charge on any atom is -0.339 e. The summed E-state index contributed by atoms with van der Waals surface area (Å²) in [5.74, 6) is 0.145. The van der Waals surface area contributed by atoms with E-state index in [9.17, 15) is 4.79 Å². The maximum Gasteiger partial charge on any atom is 0.253 e. The highest BCUT2D eigenvalue weighted by Gasteiger charge is 2.22. The van der Waals surface area contributed by atoms with Crippen molar-refractivity contribution in [1.82, 2.24) is 10.2 Å². The quantitative estimate of drug-likeness (QED) is 0.908. The summed E-state index contributed by atoms with van der Waals surface area (Å²) < 4.78 is 1.00. The highest BCUT2D eigenvalue weighted by molar-refractivity contribution is 9.10. The van der Waals surface area contributed by atoms with E-state index in [1.807, 2.05) is 36.2 Å². The Balaban J connectivity index is 1.99. The molecule has 92 valence electrons. The number of amides is 1. The Morgan fingerprint density at radius 1 is 1.29 bits per heavy atom. The fourth-order valence-electron chi connectivity index (χ4n) is 2.15. The Morgan fingerprint density at radius 2 is 1.88 bits per heavy atom. The lowest BCUT2D eigenvalue weighted by Gasteiger charge is -2.31. The second-order valence-corrected chi connectivity index (χ2v) is 5.28. The predicted octanol–water partition coefficient (Wildman–Crippen LogP) is 2.27. The zero-order valence-corrected chi connectivity index (χ0v) is 11.5. The van der Waals surface area contributed by atoms with Crippen LogP contribution in [0, 0.1) is 0 Å². The zero-order chi connectivity index (χ0) is 12.3. The van der Waals surface area contributed by atoms with Crippen molar-refractivity contribution >= 4 is 21.8 Å². The number of carbonyl (C=O) groups is 1. The summed E-state index contributed by atoms with van der Waals surface area (Å²) in [4.78, 5) is 14.1. The minimum atomic E-state index is 0.145. The summed E-state index contributed by atoms with van der Waals surface area (Å²) in [5, 5.41) is 3.27. The Bertz CT molecular complexity index is 383. The van der Waals surface area contributed by atoms with Gasteiger partial charge in [0.05, 0.1) is 0 Å². The van der Waals surface area contributed by atoms with Gasteiger partial charge in [0, 0.05) is 29.2 Å². The molecule has 1 N–H and O–H groups in total. The largest absolute Gasteiger partial charge is 0.339 e. The predicted molar refractivity (Wildman–Crippen MR) is 72.1 cm³/mol. The lowest BCUT2D eigenvalue weighted by Crippen LogP contribution is -2.43. The van der Waals surface area contributed by atoms with E-state index >= 15 is 0 Å². The molecule has 1 aromatic carbocycles. The van der Waals surface area contributed by atoms with Crippen LogP contribution >= 0.6 is 15.9 Å². The SMILES string of the molecule is CNC1CCN(C(=O)c2ccc(Br)cc2)CC1. The number of likely N-dealkylation sites (tertiary alicyclic amines) is 1. The molecule has 0 atom stereocenters. The average molecular weight is 297 g/mol. The van der Waals surface area contributed by atoms with Crippen LogP contribution in [0.2, 0.25) is 0 Å². The molecule has 0 radical (unpaired) electrons. The molecular formula is C13H17BrN2O. The third-order valence-electron chi connectivity index (χ3n) is 3.28. The highest BCUT2D eigenvalue weighted by atomic mass is 79.9. The monoisotopic (exact) mass is 296 g/mol. The number of benzene rings is 1. The smallest absolute Gasteiger partial charge is 0.253 e. The van der Waals surface area contributed by atoms with Crippen molar-refractivity contribution < 1.29 is 4.79 Å². The maximum absolute atomic E-state index is 12.2. The summed E-state index contributed by atoms with van der Waals surface area (Å²) in [7, 11) is 1.98. The van der Waals surface area contributed by atoms with E-state index in [1.54, 1.807) is 0 Å². The molecule has 1 fully saturated rings. The summed E-state index contributed by atoms with van der Waals surface area (Å²) in [5.41, 5.74) is 0.774. The molecule has 1 aliphatic heterocycles. The van der Waals surface area contributed by atoms with Crippen molar-refractivity contribution in [1.29, 1.82) is 0 Å². The van der Waals surface area contributed by atoms with Gasteiger partial charge in [-0.25, -0.2) is 0 Å². The van der Waals surface area contributed by atoms with Crippen LogP contribution in [0.5, 0.6) is 0 Å². The van der Waals surface area contributed by atoms with Crippen LogP contribution in [0.25, 0.3) is 0 Å². The van der Waals surface area contributed by atoms with Crippen molar-refractivity contribution in [2.45, 2.75) is 18.9 Å². The molecule has 17 heavy (non-hydrogen) atoms. The first kappa shape index (κ1) is 12.6. The summed E-state index contributed by atoms with van der Waals surface area (Å²) in [6.45, 7) is 1.70. The molecule has 1 amide bonds. The van der Waals surface area contributed by atoms with E-state index in [1.165, 1.54) is 0 Å². The number of nitrogens with zero attached hydrogens (tertiary/aromatic N) is 1. The van der Waals surface area contributed by atoms with E-state index in [0.29, 0.717) is 6.04 Å². The molecule has 0 aliphatic carbocycles. The number of rotatable bonds is 2. The number of hydrogen-bond donors (Lipinski definition) is 1. The molecule has 3 nitrogen and oxygen atoms in total. The first-order valence-corrected chi connectivity index (χ1v) is 6.72. The van der Waals surface area contributed by atoms with Gasteiger partial charge in [-0.05, 0) is 44.2 Å². The summed E-state index contributed by atoms with van der Waals surface area (Å²) in [6, 6.07) is 8.12. The van der Waals surface area contributed by atoms with E-state index in [2.05, 4.69) is 21.2 Å². The van der Waals surface area contributed by atoms with E-state index < -0.39 is 0 Å². The lowest BCUT2D eigenvalue weighted by atomic mass is 10.0. The normalized spacial score (nSPS) is 17.2. The van der Waals surface area contributed by atoms with Crippen LogP contribution in [0.15, 0.2) is 28.7 Å². The van der Waals surface area contributed by atoms with Crippen molar-refractivity contribution in [2.75, 3.05) is 20.1 Å². The molecular weight excluding hydrogens is 280 g/mol. The van der Waals surface area contributed by atoms with Crippen LogP contribution < -0.4 is 5.32 Å². The average Bonchev–Trinajstić information content (AvgIpc) is 2.39. The van der Waals surface area contributed by atoms with Crippen LogP contribution in [-0.2, 0) is 0 Å². The van der Waals surface area contributed by atoms with E-state index in [0.717, 1.165) is 36.0 Å². The third kappa shape index (κ3) is 3.07. The molecule has 1 aromatic rings. The van der Waals surface area contributed by atoms with Gasteiger partial charge in [-0.2, -0.15) is 0 Å². The first-order chi connectivity index (χ1) is 8.20. The van der Waals surface area contributed by atoms with Crippen molar-refractivity contribution in [3.05, 3.63) is 34.3 Å². The Labute approximate surface area is 110 Å². The molecule has 0 spiro atoms. The van der Waals surface area contributed by atoms with Gasteiger partial charge in [-0.3, -0.25) is 4.79 Å². The van der Waals surface area contributed by atoms with Crippen molar-refractivity contribution in [3.8, 4) is 0 Å². The van der Waals surface area contributed by atoms with Gasteiger partial charge in [-0.15, -0.1) is 0 Å². The molecule has 0 bridgehead atoms. The van der Waals surface area contributed by atoms with E-state index in [4.69, 9.17) is 0 Å². The van der Waals surface area contributed by atoms with Crippen molar-refractivity contribution in [2.24, 2.45) is 0 Å². The topological polar surface area (TPSA) is 32.3 Å². The molecule has 0 aromatic heterocycles. The summed E-state index contributed by atoms with van der Waals surface area (Å²) in [6.07, 6.45) is 2.08. The second-order valence-electron chi connectivity index (χ2n) is 4.36. The Hall–Kier alpha value is -0.870. The van der Waals surface area contributed by atoms with Gasteiger partial charge in [0.2, 0.25) is 0 Å². The fourth-order valence-corrected chi connectivity index (χ4v) is 2.41. The summed E-state index contributed by atoms with van der Waals surface area (Å²) >= 11 is 3.37. The van der Waals surface area contributed by atoms with Crippen molar-refractivity contribution in [3.63, 3.8) is 0 Å². The van der Waals surface area contributed by atoms with E-state index in [-0.39, 0.29) is 5.91 Å². The fraction of sp³-hybridized carbons (Fsp3) is 0.462. The third-order valence-corrected chi connectivity index (χ3v) is 3.81. The molecule has 1 saturated heterocycles. The van der Waals surface area contributed by atoms with Gasteiger partial charge < -0.3 is 10.2 Å². The second kappa shape index (κ2) is 5.65. The molecule has 2 rings (SSSR count). The maximum atomic E-state index is 12.2. The number of piperidine rings is 1. The number of halogens is 1.